The van der Waals surface area contributed by atoms with Crippen LogP contribution in [0.15, 0.2) is 0 Å². The zero-order valence-electron chi connectivity index (χ0n) is 7.73. The second kappa shape index (κ2) is 6.05. The Balaban J connectivity index is 2.14. The quantitative estimate of drug-likeness (QED) is 0.623. The van der Waals surface area contributed by atoms with E-state index in [9.17, 15) is 0 Å². The minimum absolute atomic E-state index is 0.619. The standard InChI is InChI=1S/C10H17NO/c1-2-3-7-11-10-5-4-8-12-9-6-10/h10-11H,4-9H2,1H3. The minimum atomic E-state index is 0.619. The van der Waals surface area contributed by atoms with Crippen molar-refractivity contribution in [3.63, 3.8) is 0 Å². The summed E-state index contributed by atoms with van der Waals surface area (Å²) >= 11 is 0. The van der Waals surface area contributed by atoms with Gasteiger partial charge in [0.15, 0.2) is 0 Å². The van der Waals surface area contributed by atoms with E-state index >= 15 is 0 Å². The number of rotatable bonds is 2. The molecule has 0 aromatic rings. The molecule has 68 valence electrons. The van der Waals surface area contributed by atoms with Crippen LogP contribution in [0.2, 0.25) is 0 Å². The molecular formula is C10H17NO. The van der Waals surface area contributed by atoms with Gasteiger partial charge in [-0.2, -0.15) is 0 Å². The van der Waals surface area contributed by atoms with Crippen LogP contribution in [-0.4, -0.2) is 25.8 Å². The zero-order valence-corrected chi connectivity index (χ0v) is 7.73. The van der Waals surface area contributed by atoms with Crippen molar-refractivity contribution in [3.05, 3.63) is 0 Å². The van der Waals surface area contributed by atoms with Crippen molar-refractivity contribution in [1.29, 1.82) is 0 Å². The van der Waals surface area contributed by atoms with E-state index in [0.29, 0.717) is 6.04 Å². The Morgan fingerprint density at radius 1 is 1.42 bits per heavy atom. The van der Waals surface area contributed by atoms with Crippen LogP contribution < -0.4 is 5.32 Å². The molecule has 2 nitrogen and oxygen atoms in total. The maximum atomic E-state index is 5.35. The first-order valence-corrected chi connectivity index (χ1v) is 4.64. The molecule has 1 N–H and O–H groups in total. The van der Waals surface area contributed by atoms with Gasteiger partial charge in [-0.1, -0.05) is 5.92 Å². The van der Waals surface area contributed by atoms with Gasteiger partial charge in [0, 0.05) is 19.3 Å². The highest BCUT2D eigenvalue weighted by Gasteiger charge is 2.10. The van der Waals surface area contributed by atoms with E-state index in [1.54, 1.807) is 0 Å². The van der Waals surface area contributed by atoms with Crippen molar-refractivity contribution in [2.45, 2.75) is 32.2 Å². The van der Waals surface area contributed by atoms with Gasteiger partial charge in [-0.15, -0.1) is 5.92 Å². The van der Waals surface area contributed by atoms with Gasteiger partial charge in [-0.05, 0) is 26.2 Å². The van der Waals surface area contributed by atoms with Crippen molar-refractivity contribution in [1.82, 2.24) is 5.32 Å². The van der Waals surface area contributed by atoms with E-state index < -0.39 is 0 Å². The smallest absolute Gasteiger partial charge is 0.0578 e. The summed E-state index contributed by atoms with van der Waals surface area (Å²) in [6.07, 6.45) is 3.54. The molecule has 1 atom stereocenters. The van der Waals surface area contributed by atoms with Crippen LogP contribution in [0, 0.1) is 11.8 Å². The highest BCUT2D eigenvalue weighted by molar-refractivity contribution is 4.97. The SMILES string of the molecule is CC#CCNC1CCCOCC1. The van der Waals surface area contributed by atoms with E-state index in [-0.39, 0.29) is 0 Å². The van der Waals surface area contributed by atoms with Gasteiger partial charge in [0.05, 0.1) is 6.54 Å². The van der Waals surface area contributed by atoms with Gasteiger partial charge in [0.1, 0.15) is 0 Å². The first-order valence-electron chi connectivity index (χ1n) is 4.64. The molecule has 0 saturated carbocycles. The van der Waals surface area contributed by atoms with Crippen molar-refractivity contribution in [3.8, 4) is 11.8 Å². The molecule has 1 unspecified atom stereocenters. The monoisotopic (exact) mass is 167 g/mol. The molecule has 0 spiro atoms. The van der Waals surface area contributed by atoms with Crippen LogP contribution in [0.25, 0.3) is 0 Å². The van der Waals surface area contributed by atoms with Gasteiger partial charge in [0.25, 0.3) is 0 Å². The molecule has 1 rings (SSSR count). The molecule has 0 radical (unpaired) electrons. The molecule has 0 aromatic heterocycles. The summed E-state index contributed by atoms with van der Waals surface area (Å²) in [6.45, 7) is 4.52. The van der Waals surface area contributed by atoms with Crippen molar-refractivity contribution in [2.24, 2.45) is 0 Å². The Hall–Kier alpha value is -0.520. The molecule has 12 heavy (non-hydrogen) atoms. The highest BCUT2D eigenvalue weighted by atomic mass is 16.5. The van der Waals surface area contributed by atoms with Gasteiger partial charge in [0.2, 0.25) is 0 Å². The van der Waals surface area contributed by atoms with Gasteiger partial charge in [-0.3, -0.25) is 0 Å². The molecule has 2 heteroatoms. The van der Waals surface area contributed by atoms with Crippen molar-refractivity contribution < 1.29 is 4.74 Å². The maximum absolute atomic E-state index is 5.35. The molecule has 1 aliphatic heterocycles. The fourth-order valence-corrected chi connectivity index (χ4v) is 1.39. The molecule has 1 aliphatic rings. The molecule has 0 aliphatic carbocycles. The Bertz CT molecular complexity index is 160. The number of hydrogen-bond donors (Lipinski definition) is 1. The van der Waals surface area contributed by atoms with Gasteiger partial charge in [-0.25, -0.2) is 0 Å². The number of ether oxygens (including phenoxy) is 1. The largest absolute Gasteiger partial charge is 0.381 e. The van der Waals surface area contributed by atoms with E-state index in [1.165, 1.54) is 12.8 Å². The van der Waals surface area contributed by atoms with Crippen LogP contribution in [0.4, 0.5) is 0 Å². The minimum Gasteiger partial charge on any atom is -0.381 e. The maximum Gasteiger partial charge on any atom is 0.0578 e. The van der Waals surface area contributed by atoms with Crippen LogP contribution in [0.3, 0.4) is 0 Å². The second-order valence-electron chi connectivity index (χ2n) is 3.05. The molecule has 0 bridgehead atoms. The fraction of sp³-hybridized carbons (Fsp3) is 0.800. The first-order chi connectivity index (χ1) is 5.93. The van der Waals surface area contributed by atoms with Crippen LogP contribution >= 0.6 is 0 Å². The average molecular weight is 167 g/mol. The lowest BCUT2D eigenvalue weighted by molar-refractivity contribution is 0.143. The van der Waals surface area contributed by atoms with E-state index in [0.717, 1.165) is 26.2 Å². The summed E-state index contributed by atoms with van der Waals surface area (Å²) in [7, 11) is 0. The van der Waals surface area contributed by atoms with E-state index in [4.69, 9.17) is 4.74 Å². The van der Waals surface area contributed by atoms with Crippen LogP contribution in [0.5, 0.6) is 0 Å². The molecule has 0 aromatic carbocycles. The molecular weight excluding hydrogens is 150 g/mol. The lowest BCUT2D eigenvalue weighted by Gasteiger charge is -2.12. The van der Waals surface area contributed by atoms with Gasteiger partial charge < -0.3 is 10.1 Å². The summed E-state index contributed by atoms with van der Waals surface area (Å²) in [5.41, 5.74) is 0. The average Bonchev–Trinajstić information content (AvgIpc) is 2.33. The number of nitrogens with one attached hydrogen (secondary N) is 1. The third-order valence-corrected chi connectivity index (χ3v) is 2.11. The summed E-state index contributed by atoms with van der Waals surface area (Å²) in [5.74, 6) is 5.89. The summed E-state index contributed by atoms with van der Waals surface area (Å²) in [6, 6.07) is 0.619. The van der Waals surface area contributed by atoms with Crippen molar-refractivity contribution >= 4 is 0 Å². The Kier molecular flexibility index (Phi) is 4.82. The van der Waals surface area contributed by atoms with Crippen LogP contribution in [-0.2, 0) is 4.74 Å². The van der Waals surface area contributed by atoms with E-state index in [2.05, 4.69) is 17.2 Å². The fourth-order valence-electron chi connectivity index (χ4n) is 1.39. The summed E-state index contributed by atoms with van der Waals surface area (Å²) in [5, 5.41) is 3.41. The molecule has 1 heterocycles. The predicted octanol–water partition coefficient (Wildman–Crippen LogP) is 1.17. The Morgan fingerprint density at radius 3 is 3.17 bits per heavy atom. The van der Waals surface area contributed by atoms with Crippen molar-refractivity contribution in [2.75, 3.05) is 19.8 Å². The predicted molar refractivity (Wildman–Crippen MR) is 49.9 cm³/mol. The Labute approximate surface area is 74.7 Å². The normalized spacial score (nSPS) is 23.9. The van der Waals surface area contributed by atoms with E-state index in [1.807, 2.05) is 6.92 Å². The molecule has 1 saturated heterocycles. The molecule has 0 amide bonds. The zero-order chi connectivity index (χ0) is 8.65. The lowest BCUT2D eigenvalue weighted by atomic mass is 10.1. The topological polar surface area (TPSA) is 21.3 Å². The summed E-state index contributed by atoms with van der Waals surface area (Å²) < 4.78 is 5.35. The first kappa shape index (κ1) is 9.57. The second-order valence-corrected chi connectivity index (χ2v) is 3.05. The van der Waals surface area contributed by atoms with Crippen LogP contribution in [0.1, 0.15) is 26.2 Å². The number of hydrogen-bond acceptors (Lipinski definition) is 2. The summed E-state index contributed by atoms with van der Waals surface area (Å²) in [4.78, 5) is 0. The lowest BCUT2D eigenvalue weighted by Crippen LogP contribution is -2.29. The van der Waals surface area contributed by atoms with Gasteiger partial charge >= 0.3 is 0 Å². The third-order valence-electron chi connectivity index (χ3n) is 2.11. The third kappa shape index (κ3) is 3.75. The Morgan fingerprint density at radius 2 is 2.33 bits per heavy atom. The molecule has 1 fully saturated rings. The highest BCUT2D eigenvalue weighted by Crippen LogP contribution is 2.07.